The van der Waals surface area contributed by atoms with Gasteiger partial charge in [0.05, 0.1) is 0 Å². The standard InChI is InChI=1S/C10H11FO/c1-8(12)5-6-9-3-2-4-10(11)7-9/h2-4,7H,5-6H2,1H3. The highest BCUT2D eigenvalue weighted by molar-refractivity contribution is 5.75. The minimum atomic E-state index is -0.240. The zero-order chi connectivity index (χ0) is 8.97. The van der Waals surface area contributed by atoms with Gasteiger partial charge in [-0.2, -0.15) is 0 Å². The number of halogens is 1. The van der Waals surface area contributed by atoms with Gasteiger partial charge < -0.3 is 4.79 Å². The van der Waals surface area contributed by atoms with Crippen LogP contribution < -0.4 is 0 Å². The number of Topliss-reactive ketones (excluding diaryl/α,β-unsaturated/α-hetero) is 1. The van der Waals surface area contributed by atoms with Gasteiger partial charge in [0.25, 0.3) is 0 Å². The summed E-state index contributed by atoms with van der Waals surface area (Å²) in [7, 11) is 0. The fourth-order valence-electron chi connectivity index (χ4n) is 1.01. The van der Waals surface area contributed by atoms with Gasteiger partial charge in [0.15, 0.2) is 0 Å². The van der Waals surface area contributed by atoms with E-state index in [-0.39, 0.29) is 11.6 Å². The molecule has 0 amide bonds. The fraction of sp³-hybridized carbons (Fsp3) is 0.300. The van der Waals surface area contributed by atoms with Crippen LogP contribution in [0.3, 0.4) is 0 Å². The van der Waals surface area contributed by atoms with Gasteiger partial charge in [-0.05, 0) is 31.0 Å². The van der Waals surface area contributed by atoms with E-state index in [9.17, 15) is 9.18 Å². The van der Waals surface area contributed by atoms with Crippen LogP contribution in [0.2, 0.25) is 0 Å². The van der Waals surface area contributed by atoms with Crippen LogP contribution in [-0.4, -0.2) is 5.78 Å². The van der Waals surface area contributed by atoms with Gasteiger partial charge in [0, 0.05) is 6.42 Å². The number of aryl methyl sites for hydroxylation is 1. The van der Waals surface area contributed by atoms with Crippen molar-refractivity contribution >= 4 is 5.78 Å². The third-order valence-electron chi connectivity index (χ3n) is 1.65. The van der Waals surface area contributed by atoms with E-state index < -0.39 is 0 Å². The Balaban J connectivity index is 2.57. The summed E-state index contributed by atoms with van der Waals surface area (Å²) in [6, 6.07) is 6.34. The van der Waals surface area contributed by atoms with Gasteiger partial charge in [-0.1, -0.05) is 12.1 Å². The summed E-state index contributed by atoms with van der Waals surface area (Å²) in [5, 5.41) is 0. The maximum Gasteiger partial charge on any atom is 0.130 e. The van der Waals surface area contributed by atoms with E-state index in [4.69, 9.17) is 0 Å². The molecular formula is C10H11FO. The van der Waals surface area contributed by atoms with Gasteiger partial charge in [-0.3, -0.25) is 0 Å². The first-order chi connectivity index (χ1) is 5.68. The topological polar surface area (TPSA) is 17.1 Å². The Kier molecular flexibility index (Phi) is 2.97. The Labute approximate surface area is 71.2 Å². The van der Waals surface area contributed by atoms with Crippen LogP contribution in [0.4, 0.5) is 4.39 Å². The first-order valence-electron chi connectivity index (χ1n) is 3.92. The van der Waals surface area contributed by atoms with Crippen molar-refractivity contribution < 1.29 is 9.18 Å². The van der Waals surface area contributed by atoms with Crippen molar-refractivity contribution in [1.82, 2.24) is 0 Å². The second kappa shape index (κ2) is 4.00. The first kappa shape index (κ1) is 8.91. The maximum absolute atomic E-state index is 12.6. The summed E-state index contributed by atoms with van der Waals surface area (Å²) in [6.07, 6.45) is 1.12. The lowest BCUT2D eigenvalue weighted by atomic mass is 10.1. The number of benzene rings is 1. The Bertz CT molecular complexity index is 281. The van der Waals surface area contributed by atoms with Crippen molar-refractivity contribution in [2.75, 3.05) is 0 Å². The first-order valence-corrected chi connectivity index (χ1v) is 3.92. The lowest BCUT2D eigenvalue weighted by Gasteiger charge is -1.97. The van der Waals surface area contributed by atoms with Crippen LogP contribution in [0.15, 0.2) is 24.3 Å². The van der Waals surface area contributed by atoms with E-state index in [2.05, 4.69) is 0 Å². The molecular weight excluding hydrogens is 155 g/mol. The van der Waals surface area contributed by atoms with Crippen LogP contribution >= 0.6 is 0 Å². The van der Waals surface area contributed by atoms with Gasteiger partial charge in [-0.25, -0.2) is 4.39 Å². The molecule has 2 heteroatoms. The highest BCUT2D eigenvalue weighted by Gasteiger charge is 1.97. The molecule has 0 aliphatic heterocycles. The molecule has 0 saturated heterocycles. The summed E-state index contributed by atoms with van der Waals surface area (Å²) in [5.74, 6) is -0.102. The van der Waals surface area contributed by atoms with E-state index in [0.717, 1.165) is 5.56 Å². The summed E-state index contributed by atoms with van der Waals surface area (Å²) < 4.78 is 12.6. The third-order valence-corrected chi connectivity index (χ3v) is 1.65. The van der Waals surface area contributed by atoms with Crippen LogP contribution in [0.1, 0.15) is 18.9 Å². The maximum atomic E-state index is 12.6. The molecule has 0 aliphatic rings. The van der Waals surface area contributed by atoms with Crippen molar-refractivity contribution in [2.24, 2.45) is 0 Å². The molecule has 0 saturated carbocycles. The summed E-state index contributed by atoms with van der Waals surface area (Å²) in [4.78, 5) is 10.6. The van der Waals surface area contributed by atoms with Crippen LogP contribution in [0.5, 0.6) is 0 Å². The molecule has 0 bridgehead atoms. The number of ketones is 1. The molecule has 0 N–H and O–H groups in total. The molecule has 0 heterocycles. The van der Waals surface area contributed by atoms with Crippen LogP contribution in [0.25, 0.3) is 0 Å². The van der Waals surface area contributed by atoms with Crippen molar-refractivity contribution in [3.05, 3.63) is 35.6 Å². The molecule has 0 radical (unpaired) electrons. The van der Waals surface area contributed by atoms with Crippen molar-refractivity contribution in [1.29, 1.82) is 0 Å². The minimum Gasteiger partial charge on any atom is -0.300 e. The quantitative estimate of drug-likeness (QED) is 0.673. The molecule has 12 heavy (non-hydrogen) atoms. The smallest absolute Gasteiger partial charge is 0.130 e. The molecule has 0 fully saturated rings. The average Bonchev–Trinajstić information content (AvgIpc) is 2.01. The van der Waals surface area contributed by atoms with E-state index in [1.165, 1.54) is 12.1 Å². The Hall–Kier alpha value is -1.18. The molecule has 1 aromatic carbocycles. The van der Waals surface area contributed by atoms with Gasteiger partial charge in [-0.15, -0.1) is 0 Å². The largest absolute Gasteiger partial charge is 0.300 e. The molecule has 0 atom stereocenters. The summed E-state index contributed by atoms with van der Waals surface area (Å²) >= 11 is 0. The second-order valence-corrected chi connectivity index (χ2v) is 2.83. The molecule has 0 aromatic heterocycles. The predicted molar refractivity (Wildman–Crippen MR) is 45.4 cm³/mol. The second-order valence-electron chi connectivity index (χ2n) is 2.83. The molecule has 0 aliphatic carbocycles. The lowest BCUT2D eigenvalue weighted by molar-refractivity contribution is -0.116. The number of carbonyl (C=O) groups excluding carboxylic acids is 1. The number of hydrogen-bond donors (Lipinski definition) is 0. The Morgan fingerprint density at radius 2 is 2.25 bits per heavy atom. The Morgan fingerprint density at radius 3 is 2.83 bits per heavy atom. The third kappa shape index (κ3) is 2.82. The van der Waals surface area contributed by atoms with Gasteiger partial charge in [0.2, 0.25) is 0 Å². The molecule has 1 nitrogen and oxygen atoms in total. The van der Waals surface area contributed by atoms with E-state index in [1.807, 2.05) is 6.07 Å². The molecule has 0 unspecified atom stereocenters. The summed E-state index contributed by atoms with van der Waals surface area (Å²) in [6.45, 7) is 1.54. The minimum absolute atomic E-state index is 0.138. The number of carbonyl (C=O) groups is 1. The van der Waals surface area contributed by atoms with E-state index >= 15 is 0 Å². The Morgan fingerprint density at radius 1 is 1.50 bits per heavy atom. The normalized spacial score (nSPS) is 9.83. The molecule has 1 aromatic rings. The number of rotatable bonds is 3. The zero-order valence-electron chi connectivity index (χ0n) is 7.01. The SMILES string of the molecule is CC(=O)CCc1cccc(F)c1. The zero-order valence-corrected chi connectivity index (χ0v) is 7.01. The van der Waals surface area contributed by atoms with Gasteiger partial charge in [0.1, 0.15) is 11.6 Å². The van der Waals surface area contributed by atoms with Gasteiger partial charge >= 0.3 is 0 Å². The van der Waals surface area contributed by atoms with E-state index in [0.29, 0.717) is 12.8 Å². The van der Waals surface area contributed by atoms with Crippen LogP contribution in [0, 0.1) is 5.82 Å². The van der Waals surface area contributed by atoms with Crippen LogP contribution in [-0.2, 0) is 11.2 Å². The number of hydrogen-bond acceptors (Lipinski definition) is 1. The van der Waals surface area contributed by atoms with Crippen molar-refractivity contribution in [3.8, 4) is 0 Å². The average molecular weight is 166 g/mol. The molecule has 64 valence electrons. The summed E-state index contributed by atoms with van der Waals surface area (Å²) in [5.41, 5.74) is 0.880. The van der Waals surface area contributed by atoms with E-state index in [1.54, 1.807) is 13.0 Å². The highest BCUT2D eigenvalue weighted by atomic mass is 19.1. The fourth-order valence-corrected chi connectivity index (χ4v) is 1.01. The van der Waals surface area contributed by atoms with Crippen molar-refractivity contribution in [3.63, 3.8) is 0 Å². The molecule has 0 spiro atoms. The predicted octanol–water partition coefficient (Wildman–Crippen LogP) is 2.35. The molecule has 1 rings (SSSR count). The van der Waals surface area contributed by atoms with Crippen molar-refractivity contribution in [2.45, 2.75) is 19.8 Å². The highest BCUT2D eigenvalue weighted by Crippen LogP contribution is 2.05. The monoisotopic (exact) mass is 166 g/mol. The lowest BCUT2D eigenvalue weighted by Crippen LogP contribution is -1.93.